The van der Waals surface area contributed by atoms with Crippen molar-refractivity contribution in [1.82, 2.24) is 4.90 Å². The number of amides is 1. The Balaban J connectivity index is 2.04. The van der Waals surface area contributed by atoms with Gasteiger partial charge in [0.1, 0.15) is 12.2 Å². The summed E-state index contributed by atoms with van der Waals surface area (Å²) in [6.45, 7) is 1.49. The first-order valence-corrected chi connectivity index (χ1v) is 12.0. The summed E-state index contributed by atoms with van der Waals surface area (Å²) in [5.74, 6) is -0.870. The summed E-state index contributed by atoms with van der Waals surface area (Å²) >= 11 is 9.07. The van der Waals surface area contributed by atoms with E-state index in [0.29, 0.717) is 27.2 Å². The van der Waals surface area contributed by atoms with Crippen molar-refractivity contribution in [1.29, 1.82) is 0 Å². The number of halogens is 1. The number of ether oxygens (including phenoxy) is 4. The van der Waals surface area contributed by atoms with Crippen LogP contribution in [0.1, 0.15) is 18.1 Å². The molecule has 36 heavy (non-hydrogen) atoms. The average molecular weight is 577 g/mol. The molecule has 11 heteroatoms. The lowest BCUT2D eigenvalue weighted by Crippen LogP contribution is -2.35. The van der Waals surface area contributed by atoms with Crippen molar-refractivity contribution in [2.24, 2.45) is 0 Å². The summed E-state index contributed by atoms with van der Waals surface area (Å²) in [5, 5.41) is 0.155. The van der Waals surface area contributed by atoms with Crippen molar-refractivity contribution in [3.63, 3.8) is 0 Å². The summed E-state index contributed by atoms with van der Waals surface area (Å²) < 4.78 is 20.9. The fourth-order valence-corrected chi connectivity index (χ4v) is 4.20. The van der Waals surface area contributed by atoms with Gasteiger partial charge in [0.25, 0.3) is 5.91 Å². The van der Waals surface area contributed by atoms with Crippen LogP contribution in [0.3, 0.4) is 0 Å². The van der Waals surface area contributed by atoms with E-state index in [-0.39, 0.29) is 24.0 Å². The summed E-state index contributed by atoms with van der Waals surface area (Å²) in [6, 6.07) is 10.7. The molecule has 0 aromatic heterocycles. The van der Waals surface area contributed by atoms with Gasteiger partial charge in [-0.15, -0.1) is 0 Å². The van der Waals surface area contributed by atoms with Gasteiger partial charge in [-0.1, -0.05) is 35.0 Å². The summed E-state index contributed by atoms with van der Waals surface area (Å²) in [5.41, 5.74) is 2.44. The Morgan fingerprint density at radius 1 is 1.03 bits per heavy atom. The van der Waals surface area contributed by atoms with Gasteiger partial charge in [0.15, 0.2) is 23.2 Å². The molecule has 0 N–H and O–H groups in total. The maximum atomic E-state index is 13.6. The van der Waals surface area contributed by atoms with Crippen LogP contribution in [0.4, 0.5) is 5.69 Å². The molecule has 0 radical (unpaired) electrons. The highest BCUT2D eigenvalue weighted by atomic mass is 79.9. The number of hydrogen-bond donors (Lipinski definition) is 0. The first-order chi connectivity index (χ1) is 17.2. The predicted molar refractivity (Wildman–Crippen MR) is 141 cm³/mol. The van der Waals surface area contributed by atoms with E-state index in [1.54, 1.807) is 18.2 Å². The number of esters is 2. The lowest BCUT2D eigenvalue weighted by molar-refractivity contribution is -0.143. The third kappa shape index (κ3) is 5.85. The zero-order valence-electron chi connectivity index (χ0n) is 20.2. The monoisotopic (exact) mass is 576 g/mol. The van der Waals surface area contributed by atoms with Crippen LogP contribution in [-0.4, -0.2) is 62.3 Å². The highest BCUT2D eigenvalue weighted by Gasteiger charge is 2.40. The summed E-state index contributed by atoms with van der Waals surface area (Å²) in [7, 11) is 3.98. The molecule has 1 aliphatic heterocycles. The van der Waals surface area contributed by atoms with Gasteiger partial charge in [-0.3, -0.25) is 14.5 Å². The zero-order valence-corrected chi connectivity index (χ0v) is 22.6. The van der Waals surface area contributed by atoms with Crippen molar-refractivity contribution in [3.05, 3.63) is 57.7 Å². The van der Waals surface area contributed by atoms with Crippen molar-refractivity contribution < 1.29 is 33.3 Å². The van der Waals surface area contributed by atoms with Crippen LogP contribution < -0.4 is 14.4 Å². The van der Waals surface area contributed by atoms with Gasteiger partial charge in [0, 0.05) is 4.47 Å². The number of thiocarbonyl (C=S) groups is 1. The number of nitrogens with zero attached hydrogens (tertiary/aromatic N) is 2. The van der Waals surface area contributed by atoms with Crippen LogP contribution in [0.25, 0.3) is 6.08 Å². The molecule has 1 aliphatic rings. The SMILES string of the molecule is CCc1ccc(N2C(=O)/C(=C/c3cc(OC)c(OCC(=O)OC)cc3Br)N(CC(=O)OC)C2=S)cc1. The van der Waals surface area contributed by atoms with E-state index in [1.807, 2.05) is 31.2 Å². The van der Waals surface area contributed by atoms with E-state index < -0.39 is 17.8 Å². The lowest BCUT2D eigenvalue weighted by atomic mass is 10.1. The first kappa shape index (κ1) is 27.2. The minimum absolute atomic E-state index is 0.155. The Bertz CT molecular complexity index is 1210. The highest BCUT2D eigenvalue weighted by Crippen LogP contribution is 2.36. The van der Waals surface area contributed by atoms with Gasteiger partial charge >= 0.3 is 11.9 Å². The van der Waals surface area contributed by atoms with E-state index in [2.05, 4.69) is 20.7 Å². The van der Waals surface area contributed by atoms with Gasteiger partial charge in [-0.05, 0) is 60.1 Å². The molecule has 0 aliphatic carbocycles. The fraction of sp³-hybridized carbons (Fsp3) is 0.280. The number of hydrogen-bond acceptors (Lipinski definition) is 8. The van der Waals surface area contributed by atoms with Crippen LogP contribution in [-0.2, 0) is 30.3 Å². The largest absolute Gasteiger partial charge is 0.493 e. The molecule has 1 heterocycles. The second-order valence-electron chi connectivity index (χ2n) is 7.52. The van der Waals surface area contributed by atoms with Gasteiger partial charge in [-0.2, -0.15) is 0 Å². The van der Waals surface area contributed by atoms with Crippen molar-refractivity contribution in [3.8, 4) is 11.5 Å². The van der Waals surface area contributed by atoms with Crippen LogP contribution in [0.15, 0.2) is 46.6 Å². The molecule has 190 valence electrons. The molecule has 1 saturated heterocycles. The Kier molecular flexibility index (Phi) is 9.05. The highest BCUT2D eigenvalue weighted by molar-refractivity contribution is 9.10. The number of rotatable bonds is 9. The number of carbonyl (C=O) groups excluding carboxylic acids is 3. The second kappa shape index (κ2) is 12.0. The number of benzene rings is 2. The third-order valence-electron chi connectivity index (χ3n) is 5.40. The molecule has 0 atom stereocenters. The minimum Gasteiger partial charge on any atom is -0.493 e. The maximum absolute atomic E-state index is 13.6. The van der Waals surface area contributed by atoms with Gasteiger partial charge in [-0.25, -0.2) is 4.79 Å². The van der Waals surface area contributed by atoms with Gasteiger partial charge in [0.2, 0.25) is 0 Å². The number of anilines is 1. The zero-order chi connectivity index (χ0) is 26.4. The Morgan fingerprint density at radius 3 is 2.28 bits per heavy atom. The number of methoxy groups -OCH3 is 3. The van der Waals surface area contributed by atoms with Crippen molar-refractivity contribution in [2.75, 3.05) is 39.4 Å². The number of aryl methyl sites for hydroxylation is 1. The normalized spacial score (nSPS) is 14.3. The molecule has 1 amide bonds. The molecule has 1 fully saturated rings. The van der Waals surface area contributed by atoms with Crippen LogP contribution in [0.5, 0.6) is 11.5 Å². The van der Waals surface area contributed by atoms with E-state index in [0.717, 1.165) is 12.0 Å². The molecular formula is C25H25BrN2O7S. The summed E-state index contributed by atoms with van der Waals surface area (Å²) in [4.78, 5) is 40.0. The van der Waals surface area contributed by atoms with E-state index >= 15 is 0 Å². The predicted octanol–water partition coefficient (Wildman–Crippen LogP) is 3.72. The smallest absolute Gasteiger partial charge is 0.343 e. The molecule has 0 unspecified atom stereocenters. The molecule has 0 spiro atoms. The maximum Gasteiger partial charge on any atom is 0.343 e. The quantitative estimate of drug-likeness (QED) is 0.251. The minimum atomic E-state index is -0.553. The Labute approximate surface area is 222 Å². The Hall–Kier alpha value is -3.44. The molecule has 3 rings (SSSR count). The molecule has 2 aromatic carbocycles. The molecule has 2 aromatic rings. The van der Waals surface area contributed by atoms with Gasteiger partial charge in [0.05, 0.1) is 27.0 Å². The summed E-state index contributed by atoms with van der Waals surface area (Å²) in [6.07, 6.45) is 2.45. The average Bonchev–Trinajstić information content (AvgIpc) is 3.11. The van der Waals surface area contributed by atoms with Crippen LogP contribution in [0.2, 0.25) is 0 Å². The van der Waals surface area contributed by atoms with Crippen molar-refractivity contribution in [2.45, 2.75) is 13.3 Å². The van der Waals surface area contributed by atoms with Crippen LogP contribution in [0, 0.1) is 0 Å². The molecule has 0 saturated carbocycles. The molecular weight excluding hydrogens is 552 g/mol. The standard InChI is InChI=1S/C25H25BrN2O7S/c1-5-15-6-8-17(9-7-15)28-24(31)19(27(25(28)36)13-22(29)33-3)10-16-11-20(32-2)21(12-18(16)26)35-14-23(30)34-4/h6-12H,5,13-14H2,1-4H3/b19-10-. The number of carbonyl (C=O) groups is 3. The van der Waals surface area contributed by atoms with Gasteiger partial charge < -0.3 is 23.8 Å². The molecule has 9 nitrogen and oxygen atoms in total. The first-order valence-electron chi connectivity index (χ1n) is 10.8. The fourth-order valence-electron chi connectivity index (χ4n) is 3.41. The molecule has 0 bridgehead atoms. The van der Waals surface area contributed by atoms with E-state index in [4.69, 9.17) is 26.4 Å². The second-order valence-corrected chi connectivity index (χ2v) is 8.74. The van der Waals surface area contributed by atoms with Crippen molar-refractivity contribution >= 4 is 62.9 Å². The van der Waals surface area contributed by atoms with Crippen LogP contribution >= 0.6 is 28.1 Å². The lowest BCUT2D eigenvalue weighted by Gasteiger charge is -2.19. The Morgan fingerprint density at radius 2 is 1.69 bits per heavy atom. The topological polar surface area (TPSA) is 94.6 Å². The van der Waals surface area contributed by atoms with E-state index in [9.17, 15) is 14.4 Å². The third-order valence-corrected chi connectivity index (χ3v) is 6.49. The van der Waals surface area contributed by atoms with E-state index in [1.165, 1.54) is 31.1 Å².